The summed E-state index contributed by atoms with van der Waals surface area (Å²) in [6, 6.07) is 0. The van der Waals surface area contributed by atoms with Crippen molar-refractivity contribution in [2.75, 3.05) is 0 Å². The van der Waals surface area contributed by atoms with Gasteiger partial charge in [-0.25, -0.2) is 0 Å². The van der Waals surface area contributed by atoms with Gasteiger partial charge in [-0.1, -0.05) is 53.4 Å². The van der Waals surface area contributed by atoms with E-state index in [2.05, 4.69) is 11.8 Å². The molecular weight excluding hydrogens is 200 g/mol. The van der Waals surface area contributed by atoms with Crippen LogP contribution in [0.3, 0.4) is 0 Å². The van der Waals surface area contributed by atoms with Gasteiger partial charge in [-0.15, -0.1) is 0 Å². The lowest BCUT2D eigenvalue weighted by Gasteiger charge is -2.35. The first-order chi connectivity index (χ1) is 6.71. The maximum Gasteiger partial charge on any atom is 0.127 e. The van der Waals surface area contributed by atoms with Gasteiger partial charge in [0.1, 0.15) is 11.2 Å². The molecule has 0 aromatic heterocycles. The Hall–Kier alpha value is -0.520. The minimum absolute atomic E-state index is 0.339. The highest BCUT2D eigenvalue weighted by atomic mass is 16.3. The Labute approximate surface area is 100 Å². The maximum atomic E-state index is 10.2. The van der Waals surface area contributed by atoms with Crippen molar-refractivity contribution in [2.45, 2.75) is 66.6 Å². The van der Waals surface area contributed by atoms with E-state index in [9.17, 15) is 10.2 Å². The van der Waals surface area contributed by atoms with Crippen molar-refractivity contribution in [3.63, 3.8) is 0 Å². The lowest BCUT2D eigenvalue weighted by molar-refractivity contribution is 0.00240. The van der Waals surface area contributed by atoms with E-state index in [4.69, 9.17) is 0 Å². The van der Waals surface area contributed by atoms with Gasteiger partial charge in [0.25, 0.3) is 0 Å². The Bertz CT molecular complexity index is 270. The van der Waals surface area contributed by atoms with E-state index in [-0.39, 0.29) is 10.8 Å². The molecule has 0 saturated carbocycles. The highest BCUT2D eigenvalue weighted by Gasteiger charge is 2.37. The van der Waals surface area contributed by atoms with E-state index in [0.717, 1.165) is 0 Å². The number of hydrogen-bond acceptors (Lipinski definition) is 2. The summed E-state index contributed by atoms with van der Waals surface area (Å²) in [7, 11) is 0. The third-order valence-electron chi connectivity index (χ3n) is 3.47. The second-order valence-corrected chi connectivity index (χ2v) is 6.89. The zero-order chi connectivity index (χ0) is 13.4. The van der Waals surface area contributed by atoms with Gasteiger partial charge in [0.15, 0.2) is 0 Å². The first kappa shape index (κ1) is 15.5. The van der Waals surface area contributed by atoms with Gasteiger partial charge in [-0.3, -0.25) is 0 Å². The van der Waals surface area contributed by atoms with Crippen molar-refractivity contribution >= 4 is 0 Å². The lowest BCUT2D eigenvalue weighted by Crippen LogP contribution is -2.41. The smallest absolute Gasteiger partial charge is 0.127 e. The summed E-state index contributed by atoms with van der Waals surface area (Å²) in [5, 5.41) is 20.4. The van der Waals surface area contributed by atoms with Crippen LogP contribution in [0.1, 0.15) is 55.4 Å². The van der Waals surface area contributed by atoms with Crippen LogP contribution >= 0.6 is 0 Å². The molecular formula is C14H26O2. The van der Waals surface area contributed by atoms with Gasteiger partial charge < -0.3 is 10.2 Å². The summed E-state index contributed by atoms with van der Waals surface area (Å²) in [6.07, 6.45) is 0. The van der Waals surface area contributed by atoms with Crippen LogP contribution in [0.15, 0.2) is 0 Å². The van der Waals surface area contributed by atoms with Gasteiger partial charge >= 0.3 is 0 Å². The molecule has 94 valence electrons. The fraction of sp³-hybridized carbons (Fsp3) is 0.857. The number of rotatable bonds is 0. The Kier molecular flexibility index (Phi) is 3.92. The molecule has 2 N–H and O–H groups in total. The fourth-order valence-corrected chi connectivity index (χ4v) is 0.618. The summed E-state index contributed by atoms with van der Waals surface area (Å²) in [5.74, 6) is 5.60. The molecule has 0 aromatic rings. The lowest BCUT2D eigenvalue weighted by atomic mass is 9.75. The molecule has 0 amide bonds. The normalized spacial score (nSPS) is 20.4. The van der Waals surface area contributed by atoms with Crippen molar-refractivity contribution in [1.29, 1.82) is 0 Å². The van der Waals surface area contributed by atoms with E-state index >= 15 is 0 Å². The van der Waals surface area contributed by atoms with Gasteiger partial charge in [-0.2, -0.15) is 0 Å². The molecule has 0 aromatic carbocycles. The standard InChI is InChI=1S/C14H26O2/c1-11(2,3)13(7,15)9-10-14(8,16)12(4,5)6/h15-16H,1-8H3/t13-,14+. The first-order valence-electron chi connectivity index (χ1n) is 5.70. The zero-order valence-electron chi connectivity index (χ0n) is 11.9. The van der Waals surface area contributed by atoms with Gasteiger partial charge in [0, 0.05) is 10.8 Å². The molecule has 0 aliphatic carbocycles. The Morgan fingerprint density at radius 3 is 0.875 bits per heavy atom. The largest absolute Gasteiger partial charge is 0.377 e. The quantitative estimate of drug-likeness (QED) is 0.623. The van der Waals surface area contributed by atoms with E-state index < -0.39 is 11.2 Å². The molecule has 0 spiro atoms. The zero-order valence-corrected chi connectivity index (χ0v) is 11.9. The molecule has 0 radical (unpaired) electrons. The predicted octanol–water partition coefficient (Wildman–Crippen LogP) is 2.58. The predicted molar refractivity (Wildman–Crippen MR) is 67.9 cm³/mol. The Morgan fingerprint density at radius 1 is 0.562 bits per heavy atom. The highest BCUT2D eigenvalue weighted by molar-refractivity contribution is 5.23. The molecule has 0 unspecified atom stereocenters. The highest BCUT2D eigenvalue weighted by Crippen LogP contribution is 2.32. The topological polar surface area (TPSA) is 40.5 Å². The molecule has 2 atom stereocenters. The molecule has 0 aliphatic heterocycles. The van der Waals surface area contributed by atoms with Crippen LogP contribution in [0.5, 0.6) is 0 Å². The van der Waals surface area contributed by atoms with Crippen LogP contribution in [-0.4, -0.2) is 21.4 Å². The van der Waals surface area contributed by atoms with Crippen LogP contribution < -0.4 is 0 Å². The second-order valence-electron chi connectivity index (χ2n) is 6.89. The van der Waals surface area contributed by atoms with Crippen molar-refractivity contribution in [1.82, 2.24) is 0 Å². The molecule has 0 bridgehead atoms. The van der Waals surface area contributed by atoms with Crippen molar-refractivity contribution < 1.29 is 10.2 Å². The Morgan fingerprint density at radius 2 is 0.750 bits per heavy atom. The second kappa shape index (κ2) is 4.05. The molecule has 16 heavy (non-hydrogen) atoms. The molecule has 0 saturated heterocycles. The van der Waals surface area contributed by atoms with Crippen LogP contribution in [-0.2, 0) is 0 Å². The average molecular weight is 226 g/mol. The van der Waals surface area contributed by atoms with Crippen LogP contribution in [0.4, 0.5) is 0 Å². The van der Waals surface area contributed by atoms with Crippen molar-refractivity contribution in [3.05, 3.63) is 0 Å². The minimum Gasteiger partial charge on any atom is -0.377 e. The van der Waals surface area contributed by atoms with Crippen LogP contribution in [0.25, 0.3) is 0 Å². The summed E-state index contributed by atoms with van der Waals surface area (Å²) in [4.78, 5) is 0. The summed E-state index contributed by atoms with van der Waals surface area (Å²) in [5.41, 5.74) is -2.90. The molecule has 0 aliphatic rings. The minimum atomic E-state index is -1.11. The van der Waals surface area contributed by atoms with Gasteiger partial charge in [0.2, 0.25) is 0 Å². The molecule has 0 rings (SSSR count). The summed E-state index contributed by atoms with van der Waals surface area (Å²) >= 11 is 0. The SMILES string of the molecule is CC(C)(C)[C@@](C)(O)C#C[C@@](C)(O)C(C)(C)C. The van der Waals surface area contributed by atoms with E-state index in [1.807, 2.05) is 41.5 Å². The van der Waals surface area contributed by atoms with E-state index in [1.54, 1.807) is 13.8 Å². The fourth-order valence-electron chi connectivity index (χ4n) is 0.618. The van der Waals surface area contributed by atoms with Crippen molar-refractivity contribution in [2.24, 2.45) is 10.8 Å². The monoisotopic (exact) mass is 226 g/mol. The number of hydrogen-bond donors (Lipinski definition) is 2. The summed E-state index contributed by atoms with van der Waals surface area (Å²) < 4.78 is 0. The maximum absolute atomic E-state index is 10.2. The number of aliphatic hydroxyl groups is 2. The van der Waals surface area contributed by atoms with Gasteiger partial charge in [0.05, 0.1) is 0 Å². The first-order valence-corrected chi connectivity index (χ1v) is 5.70. The Balaban J connectivity index is 5.17. The van der Waals surface area contributed by atoms with Crippen molar-refractivity contribution in [3.8, 4) is 11.8 Å². The van der Waals surface area contributed by atoms with Crippen LogP contribution in [0.2, 0.25) is 0 Å². The van der Waals surface area contributed by atoms with E-state index in [1.165, 1.54) is 0 Å². The van der Waals surface area contributed by atoms with Crippen LogP contribution in [0, 0.1) is 22.7 Å². The van der Waals surface area contributed by atoms with E-state index in [0.29, 0.717) is 0 Å². The summed E-state index contributed by atoms with van der Waals surface area (Å²) in [6.45, 7) is 14.9. The molecule has 0 heterocycles. The molecule has 0 fully saturated rings. The average Bonchev–Trinajstić information content (AvgIpc) is 1.97. The van der Waals surface area contributed by atoms with Gasteiger partial charge in [-0.05, 0) is 13.8 Å². The third kappa shape index (κ3) is 3.50. The molecule has 2 nitrogen and oxygen atoms in total. The third-order valence-corrected chi connectivity index (χ3v) is 3.47. The molecule has 2 heteroatoms.